The maximum absolute atomic E-state index is 12.5. The van der Waals surface area contributed by atoms with Crippen LogP contribution in [0.3, 0.4) is 0 Å². The van der Waals surface area contributed by atoms with E-state index in [0.717, 1.165) is 15.8 Å². The zero-order valence-electron chi connectivity index (χ0n) is 14.6. The van der Waals surface area contributed by atoms with Gasteiger partial charge in [0.15, 0.2) is 0 Å². The predicted octanol–water partition coefficient (Wildman–Crippen LogP) is 1.67. The van der Waals surface area contributed by atoms with Crippen LogP contribution < -0.4 is 16.6 Å². The second kappa shape index (κ2) is 7.17. The smallest absolute Gasteiger partial charge is 0.325 e. The van der Waals surface area contributed by atoms with Gasteiger partial charge in [-0.05, 0) is 24.6 Å². The van der Waals surface area contributed by atoms with Crippen molar-refractivity contribution in [1.29, 1.82) is 0 Å². The third kappa shape index (κ3) is 3.28. The number of rotatable bonds is 4. The lowest BCUT2D eigenvalue weighted by molar-refractivity contribution is -0.113. The van der Waals surface area contributed by atoms with Gasteiger partial charge in [-0.15, -0.1) is 11.8 Å². The van der Waals surface area contributed by atoms with Crippen molar-refractivity contribution in [3.63, 3.8) is 0 Å². The van der Waals surface area contributed by atoms with E-state index in [9.17, 15) is 14.4 Å². The van der Waals surface area contributed by atoms with Crippen molar-refractivity contribution < 1.29 is 4.79 Å². The Hall–Kier alpha value is -2.87. The molecule has 3 aromatic rings. The topological polar surface area (TPSA) is 86.0 Å². The number of pyridine rings is 1. The average molecular weight is 370 g/mol. The summed E-state index contributed by atoms with van der Waals surface area (Å²) in [7, 11) is 2.99. The molecular formula is C18H18N4O3S. The molecule has 1 amide bonds. The van der Waals surface area contributed by atoms with Crippen LogP contribution in [0.1, 0.15) is 5.56 Å². The van der Waals surface area contributed by atoms with Crippen molar-refractivity contribution in [2.75, 3.05) is 11.1 Å². The van der Waals surface area contributed by atoms with Gasteiger partial charge < -0.3 is 5.32 Å². The van der Waals surface area contributed by atoms with Crippen LogP contribution in [0.4, 0.5) is 5.69 Å². The molecule has 1 aromatic carbocycles. The standard InChI is InChI=1S/C18H18N4O3S/c1-11-6-4-5-7-12(11)20-14(23)10-26-13-8-9-19-16-15(13)17(24)22(3)18(25)21(16)2/h4-9H,10H2,1-3H3,(H,20,23). The van der Waals surface area contributed by atoms with Crippen molar-refractivity contribution in [2.24, 2.45) is 14.1 Å². The van der Waals surface area contributed by atoms with Crippen molar-refractivity contribution in [2.45, 2.75) is 11.8 Å². The molecule has 1 N–H and O–H groups in total. The minimum Gasteiger partial charge on any atom is -0.325 e. The Kier molecular flexibility index (Phi) is 4.94. The van der Waals surface area contributed by atoms with Gasteiger partial charge in [-0.3, -0.25) is 18.7 Å². The maximum atomic E-state index is 12.5. The Morgan fingerprint density at radius 1 is 1.15 bits per heavy atom. The number of benzene rings is 1. The molecule has 0 saturated heterocycles. The van der Waals surface area contributed by atoms with Gasteiger partial charge in [-0.2, -0.15) is 0 Å². The van der Waals surface area contributed by atoms with Crippen molar-refractivity contribution in [3.8, 4) is 0 Å². The molecule has 0 bridgehead atoms. The predicted molar refractivity (Wildman–Crippen MR) is 103 cm³/mol. The molecule has 0 unspecified atom stereocenters. The van der Waals surface area contributed by atoms with Gasteiger partial charge in [0.2, 0.25) is 5.91 Å². The molecule has 0 spiro atoms. The van der Waals surface area contributed by atoms with Crippen LogP contribution in [0.5, 0.6) is 0 Å². The number of aromatic nitrogens is 3. The van der Waals surface area contributed by atoms with E-state index in [-0.39, 0.29) is 11.7 Å². The second-order valence-corrected chi connectivity index (χ2v) is 6.88. The highest BCUT2D eigenvalue weighted by Gasteiger charge is 2.15. The number of thioether (sulfide) groups is 1. The highest BCUT2D eigenvalue weighted by Crippen LogP contribution is 2.24. The third-order valence-electron chi connectivity index (χ3n) is 4.08. The Bertz CT molecular complexity index is 1120. The Balaban J connectivity index is 1.88. The number of amides is 1. The summed E-state index contributed by atoms with van der Waals surface area (Å²) in [4.78, 5) is 41.6. The number of hydrogen-bond donors (Lipinski definition) is 1. The highest BCUT2D eigenvalue weighted by atomic mass is 32.2. The number of para-hydroxylation sites is 1. The van der Waals surface area contributed by atoms with Crippen LogP contribution in [-0.2, 0) is 18.9 Å². The summed E-state index contributed by atoms with van der Waals surface area (Å²) in [5, 5.41) is 3.20. The number of carbonyl (C=O) groups is 1. The highest BCUT2D eigenvalue weighted by molar-refractivity contribution is 8.00. The molecule has 8 heteroatoms. The summed E-state index contributed by atoms with van der Waals surface area (Å²) in [5.41, 5.74) is 1.19. The molecule has 2 aromatic heterocycles. The number of aryl methyl sites for hydroxylation is 2. The number of carbonyl (C=O) groups excluding carboxylic acids is 1. The lowest BCUT2D eigenvalue weighted by Crippen LogP contribution is -2.37. The molecule has 0 fully saturated rings. The lowest BCUT2D eigenvalue weighted by Gasteiger charge is -2.10. The van der Waals surface area contributed by atoms with Crippen LogP contribution in [0, 0.1) is 6.92 Å². The fraction of sp³-hybridized carbons (Fsp3) is 0.222. The van der Waals surface area contributed by atoms with Gasteiger partial charge >= 0.3 is 5.69 Å². The van der Waals surface area contributed by atoms with Crippen LogP contribution in [-0.4, -0.2) is 25.8 Å². The Labute approximate surface area is 153 Å². The molecule has 7 nitrogen and oxygen atoms in total. The van der Waals surface area contributed by atoms with Gasteiger partial charge in [0.25, 0.3) is 5.56 Å². The summed E-state index contributed by atoms with van der Waals surface area (Å²) >= 11 is 1.24. The number of hydrogen-bond acceptors (Lipinski definition) is 5. The number of fused-ring (bicyclic) bond motifs is 1. The average Bonchev–Trinajstić information content (AvgIpc) is 2.64. The van der Waals surface area contributed by atoms with Gasteiger partial charge in [-0.1, -0.05) is 18.2 Å². The molecule has 3 rings (SSSR count). The lowest BCUT2D eigenvalue weighted by atomic mass is 10.2. The van der Waals surface area contributed by atoms with Gasteiger partial charge in [0.1, 0.15) is 5.65 Å². The molecule has 0 atom stereocenters. The molecule has 0 radical (unpaired) electrons. The van der Waals surface area contributed by atoms with Gasteiger partial charge in [0, 0.05) is 30.9 Å². The molecule has 0 aliphatic heterocycles. The minimum atomic E-state index is -0.436. The normalized spacial score (nSPS) is 10.9. The van der Waals surface area contributed by atoms with Crippen molar-refractivity contribution >= 4 is 34.4 Å². The van der Waals surface area contributed by atoms with Gasteiger partial charge in [0.05, 0.1) is 11.1 Å². The van der Waals surface area contributed by atoms with Crippen molar-refractivity contribution in [1.82, 2.24) is 14.1 Å². The number of nitrogens with one attached hydrogen (secondary N) is 1. The zero-order valence-corrected chi connectivity index (χ0v) is 15.5. The molecule has 2 heterocycles. The fourth-order valence-electron chi connectivity index (χ4n) is 2.62. The summed E-state index contributed by atoms with van der Waals surface area (Å²) < 4.78 is 2.37. The van der Waals surface area contributed by atoms with E-state index in [2.05, 4.69) is 10.3 Å². The third-order valence-corrected chi connectivity index (χ3v) is 5.14. The molecule has 26 heavy (non-hydrogen) atoms. The van der Waals surface area contributed by atoms with E-state index in [0.29, 0.717) is 15.9 Å². The first kappa shape index (κ1) is 17.9. The van der Waals surface area contributed by atoms with E-state index in [1.54, 1.807) is 13.1 Å². The first-order valence-electron chi connectivity index (χ1n) is 7.93. The number of nitrogens with zero attached hydrogens (tertiary/aromatic N) is 3. The maximum Gasteiger partial charge on any atom is 0.332 e. The molecular weight excluding hydrogens is 352 g/mol. The summed E-state index contributed by atoms with van der Waals surface area (Å²) in [6.45, 7) is 1.92. The van der Waals surface area contributed by atoms with Crippen LogP contribution in [0.25, 0.3) is 11.0 Å². The van der Waals surface area contributed by atoms with Crippen LogP contribution >= 0.6 is 11.8 Å². The fourth-order valence-corrected chi connectivity index (χ4v) is 3.46. The number of anilines is 1. The first-order valence-corrected chi connectivity index (χ1v) is 8.91. The largest absolute Gasteiger partial charge is 0.332 e. The van der Waals surface area contributed by atoms with E-state index in [1.807, 2.05) is 31.2 Å². The first-order chi connectivity index (χ1) is 12.4. The summed E-state index contributed by atoms with van der Waals surface area (Å²) in [5.74, 6) is -0.0321. The van der Waals surface area contributed by atoms with Gasteiger partial charge in [-0.25, -0.2) is 9.78 Å². The van der Waals surface area contributed by atoms with Crippen molar-refractivity contribution in [3.05, 3.63) is 62.9 Å². The van der Waals surface area contributed by atoms with E-state index in [4.69, 9.17) is 0 Å². The molecule has 0 aliphatic carbocycles. The summed E-state index contributed by atoms with van der Waals surface area (Å²) in [6, 6.07) is 9.20. The monoisotopic (exact) mass is 370 g/mol. The molecule has 134 valence electrons. The molecule has 0 saturated carbocycles. The van der Waals surface area contributed by atoms with E-state index in [1.165, 1.54) is 29.6 Å². The second-order valence-electron chi connectivity index (χ2n) is 5.87. The minimum absolute atomic E-state index is 0.138. The van der Waals surface area contributed by atoms with E-state index < -0.39 is 11.2 Å². The quantitative estimate of drug-likeness (QED) is 0.706. The van der Waals surface area contributed by atoms with Crippen LogP contribution in [0.2, 0.25) is 0 Å². The van der Waals surface area contributed by atoms with Crippen LogP contribution in [0.15, 0.2) is 51.0 Å². The Morgan fingerprint density at radius 2 is 1.88 bits per heavy atom. The zero-order chi connectivity index (χ0) is 18.8. The molecule has 0 aliphatic rings. The van der Waals surface area contributed by atoms with E-state index >= 15 is 0 Å². The summed E-state index contributed by atoms with van der Waals surface area (Å²) in [6.07, 6.45) is 1.53. The Morgan fingerprint density at radius 3 is 2.62 bits per heavy atom. The SMILES string of the molecule is Cc1ccccc1NC(=O)CSc1ccnc2c1c(=O)n(C)c(=O)n2C.